The zero-order chi connectivity index (χ0) is 14.2. The molecule has 0 bridgehead atoms. The highest BCUT2D eigenvalue weighted by molar-refractivity contribution is 5.75. The van der Waals surface area contributed by atoms with Crippen molar-refractivity contribution in [1.29, 1.82) is 0 Å². The molecule has 0 spiro atoms. The Morgan fingerprint density at radius 2 is 1.72 bits per heavy atom. The van der Waals surface area contributed by atoms with Crippen LogP contribution in [0.15, 0.2) is 12.2 Å². The van der Waals surface area contributed by atoms with Gasteiger partial charge in [-0.05, 0) is 46.1 Å². The van der Waals surface area contributed by atoms with E-state index in [1.165, 1.54) is 25.7 Å². The molecule has 0 heterocycles. The van der Waals surface area contributed by atoms with Crippen molar-refractivity contribution in [2.24, 2.45) is 5.41 Å². The van der Waals surface area contributed by atoms with Gasteiger partial charge in [0.2, 0.25) is 0 Å². The van der Waals surface area contributed by atoms with Gasteiger partial charge < -0.3 is 4.74 Å². The summed E-state index contributed by atoms with van der Waals surface area (Å²) in [5, 5.41) is 0. The van der Waals surface area contributed by atoms with E-state index in [1.807, 2.05) is 27.7 Å². The fraction of sp³-hybridized carbons (Fsp3) is 0.812. The topological polar surface area (TPSA) is 26.3 Å². The first-order valence-corrected chi connectivity index (χ1v) is 7.15. The van der Waals surface area contributed by atoms with Crippen LogP contribution in [0.4, 0.5) is 0 Å². The van der Waals surface area contributed by atoms with Crippen molar-refractivity contribution in [1.82, 2.24) is 0 Å². The molecule has 0 aromatic carbocycles. The van der Waals surface area contributed by atoms with Crippen LogP contribution >= 0.6 is 0 Å². The van der Waals surface area contributed by atoms with E-state index in [9.17, 15) is 4.79 Å². The Hall–Kier alpha value is -0.790. The Labute approximate surface area is 113 Å². The van der Waals surface area contributed by atoms with Gasteiger partial charge in [-0.15, -0.1) is 0 Å². The molecule has 0 aromatic heterocycles. The van der Waals surface area contributed by atoms with Crippen molar-refractivity contribution in [2.75, 3.05) is 0 Å². The van der Waals surface area contributed by atoms with E-state index in [-0.39, 0.29) is 12.1 Å². The normalized spacial score (nSPS) is 13.2. The quantitative estimate of drug-likeness (QED) is 0.350. The lowest BCUT2D eigenvalue weighted by molar-refractivity contribution is -0.157. The zero-order valence-electron chi connectivity index (χ0n) is 12.8. The van der Waals surface area contributed by atoms with Gasteiger partial charge in [0.25, 0.3) is 0 Å². The van der Waals surface area contributed by atoms with E-state index < -0.39 is 5.41 Å². The van der Waals surface area contributed by atoms with Crippen LogP contribution in [0, 0.1) is 5.41 Å². The molecule has 0 fully saturated rings. The van der Waals surface area contributed by atoms with Gasteiger partial charge in [-0.3, -0.25) is 4.79 Å². The van der Waals surface area contributed by atoms with Crippen LogP contribution in [0.25, 0.3) is 0 Å². The maximum atomic E-state index is 11.9. The van der Waals surface area contributed by atoms with Gasteiger partial charge in [-0.2, -0.15) is 0 Å². The third kappa shape index (κ3) is 7.52. The van der Waals surface area contributed by atoms with Crippen LogP contribution < -0.4 is 0 Å². The molecule has 0 radical (unpaired) electrons. The van der Waals surface area contributed by atoms with Crippen molar-refractivity contribution in [3.05, 3.63) is 12.2 Å². The Morgan fingerprint density at radius 3 is 2.17 bits per heavy atom. The number of ether oxygens (including phenoxy) is 1. The summed E-state index contributed by atoms with van der Waals surface area (Å²) in [5.74, 6) is -0.135. The average Bonchev–Trinajstić information content (AvgIpc) is 2.25. The fourth-order valence-electron chi connectivity index (χ4n) is 1.65. The second-order valence-electron chi connectivity index (χ2n) is 6.19. The van der Waals surface area contributed by atoms with Gasteiger partial charge in [0.1, 0.15) is 6.10 Å². The number of hydrogen-bond donors (Lipinski definition) is 0. The highest BCUT2D eigenvalue weighted by Crippen LogP contribution is 2.21. The van der Waals surface area contributed by atoms with E-state index in [2.05, 4.69) is 13.5 Å². The van der Waals surface area contributed by atoms with E-state index in [0.29, 0.717) is 0 Å². The van der Waals surface area contributed by atoms with Crippen molar-refractivity contribution in [2.45, 2.75) is 79.2 Å². The molecule has 18 heavy (non-hydrogen) atoms. The number of unbranched alkanes of at least 4 members (excludes halogenated alkanes) is 4. The van der Waals surface area contributed by atoms with Crippen molar-refractivity contribution >= 4 is 5.97 Å². The Morgan fingerprint density at radius 1 is 1.17 bits per heavy atom. The lowest BCUT2D eigenvalue weighted by atomic mass is 9.96. The SMILES string of the molecule is C=C(C)C(CCCCCCC)OC(=O)C(C)(C)C. The highest BCUT2D eigenvalue weighted by Gasteiger charge is 2.26. The molecular weight excluding hydrogens is 224 g/mol. The van der Waals surface area contributed by atoms with Crippen LogP contribution in [0.2, 0.25) is 0 Å². The third-order valence-electron chi connectivity index (χ3n) is 2.98. The summed E-state index contributed by atoms with van der Waals surface area (Å²) < 4.78 is 5.54. The fourth-order valence-corrected chi connectivity index (χ4v) is 1.65. The van der Waals surface area contributed by atoms with E-state index >= 15 is 0 Å². The average molecular weight is 254 g/mol. The van der Waals surface area contributed by atoms with Gasteiger partial charge in [-0.25, -0.2) is 0 Å². The van der Waals surface area contributed by atoms with Crippen molar-refractivity contribution < 1.29 is 9.53 Å². The van der Waals surface area contributed by atoms with Gasteiger partial charge >= 0.3 is 5.97 Å². The molecule has 0 rings (SSSR count). The van der Waals surface area contributed by atoms with Crippen molar-refractivity contribution in [3.63, 3.8) is 0 Å². The molecule has 0 aromatic rings. The number of carbonyl (C=O) groups excluding carboxylic acids is 1. The summed E-state index contributed by atoms with van der Waals surface area (Å²) in [4.78, 5) is 11.9. The lowest BCUT2D eigenvalue weighted by Crippen LogP contribution is -2.28. The molecule has 0 aliphatic carbocycles. The van der Waals surface area contributed by atoms with E-state index in [1.54, 1.807) is 0 Å². The Kier molecular flexibility index (Phi) is 7.97. The molecule has 2 heteroatoms. The van der Waals surface area contributed by atoms with E-state index in [0.717, 1.165) is 18.4 Å². The molecule has 0 amide bonds. The third-order valence-corrected chi connectivity index (χ3v) is 2.98. The second kappa shape index (κ2) is 8.34. The zero-order valence-corrected chi connectivity index (χ0v) is 12.8. The number of rotatable bonds is 8. The summed E-state index contributed by atoms with van der Waals surface area (Å²) in [7, 11) is 0. The summed E-state index contributed by atoms with van der Waals surface area (Å²) in [6.07, 6.45) is 6.92. The molecular formula is C16H30O2. The maximum Gasteiger partial charge on any atom is 0.311 e. The first-order chi connectivity index (χ1) is 8.29. The minimum atomic E-state index is -0.435. The lowest BCUT2D eigenvalue weighted by Gasteiger charge is -2.23. The van der Waals surface area contributed by atoms with Crippen LogP contribution in [0.1, 0.15) is 73.1 Å². The Bertz CT molecular complexity index is 261. The maximum absolute atomic E-state index is 11.9. The van der Waals surface area contributed by atoms with Crippen LogP contribution in [-0.2, 0) is 9.53 Å². The van der Waals surface area contributed by atoms with Crippen molar-refractivity contribution in [3.8, 4) is 0 Å². The first-order valence-electron chi connectivity index (χ1n) is 7.15. The summed E-state index contributed by atoms with van der Waals surface area (Å²) in [5.41, 5.74) is 0.513. The highest BCUT2D eigenvalue weighted by atomic mass is 16.5. The van der Waals surface area contributed by atoms with E-state index in [4.69, 9.17) is 4.74 Å². The molecule has 0 saturated carbocycles. The van der Waals surface area contributed by atoms with Crippen LogP contribution in [0.3, 0.4) is 0 Å². The largest absolute Gasteiger partial charge is 0.457 e. The molecule has 2 nitrogen and oxygen atoms in total. The molecule has 1 unspecified atom stereocenters. The smallest absolute Gasteiger partial charge is 0.311 e. The summed E-state index contributed by atoms with van der Waals surface area (Å²) in [6, 6.07) is 0. The molecule has 1 atom stereocenters. The molecule has 0 aliphatic heterocycles. The van der Waals surface area contributed by atoms with Crippen LogP contribution in [-0.4, -0.2) is 12.1 Å². The second-order valence-corrected chi connectivity index (χ2v) is 6.19. The molecule has 0 saturated heterocycles. The first kappa shape index (κ1) is 17.2. The summed E-state index contributed by atoms with van der Waals surface area (Å²) in [6.45, 7) is 13.7. The standard InChI is InChI=1S/C16H30O2/c1-7-8-9-10-11-12-14(13(2)3)18-15(17)16(4,5)6/h14H,2,7-12H2,1,3-6H3. The Balaban J connectivity index is 4.09. The predicted octanol–water partition coefficient (Wildman–Crippen LogP) is 4.88. The van der Waals surface area contributed by atoms with Gasteiger partial charge in [-0.1, -0.05) is 39.2 Å². The minimum absolute atomic E-state index is 0.113. The number of esters is 1. The van der Waals surface area contributed by atoms with Crippen LogP contribution in [0.5, 0.6) is 0 Å². The monoisotopic (exact) mass is 254 g/mol. The van der Waals surface area contributed by atoms with Gasteiger partial charge in [0.05, 0.1) is 5.41 Å². The van der Waals surface area contributed by atoms with Gasteiger partial charge in [0.15, 0.2) is 0 Å². The number of carbonyl (C=O) groups is 1. The predicted molar refractivity (Wildman–Crippen MR) is 77.5 cm³/mol. The summed E-state index contributed by atoms with van der Waals surface area (Å²) >= 11 is 0. The van der Waals surface area contributed by atoms with Gasteiger partial charge in [0, 0.05) is 0 Å². The molecule has 0 N–H and O–H groups in total. The number of hydrogen-bond acceptors (Lipinski definition) is 2. The molecule has 106 valence electrons. The molecule has 0 aliphatic rings. The minimum Gasteiger partial charge on any atom is -0.457 e.